The number of aromatic nitrogens is 1. The van der Waals surface area contributed by atoms with Gasteiger partial charge in [0.05, 0.1) is 10.6 Å². The zero-order chi connectivity index (χ0) is 18.6. The number of thiophene rings is 1. The summed E-state index contributed by atoms with van der Waals surface area (Å²) < 4.78 is 35.1. The van der Waals surface area contributed by atoms with E-state index in [1.165, 1.54) is 23.5 Å². The Morgan fingerprint density at radius 2 is 2.04 bits per heavy atom. The second kappa shape index (κ2) is 5.83. The summed E-state index contributed by atoms with van der Waals surface area (Å²) in [4.78, 5) is 22.1. The monoisotopic (exact) mass is 405 g/mol. The fourth-order valence-corrected chi connectivity index (χ4v) is 4.41. The number of amidine groups is 1. The molecule has 1 N–H and O–H groups in total. The van der Waals surface area contributed by atoms with E-state index in [0.29, 0.717) is 29.2 Å². The third-order valence-electron chi connectivity index (χ3n) is 3.94. The second-order valence-electron chi connectivity index (χ2n) is 5.80. The van der Waals surface area contributed by atoms with Crippen molar-refractivity contribution in [1.29, 1.82) is 0 Å². The predicted molar refractivity (Wildman–Crippen MR) is 96.3 cm³/mol. The number of carbonyl (C=O) groups excluding carboxylic acids is 1. The first-order chi connectivity index (χ1) is 13.0. The summed E-state index contributed by atoms with van der Waals surface area (Å²) in [6.45, 7) is 0. The van der Waals surface area contributed by atoms with Crippen LogP contribution in [0.4, 0.5) is 14.5 Å². The molecule has 2 aliphatic rings. The van der Waals surface area contributed by atoms with E-state index in [1.807, 2.05) is 17.5 Å². The first-order valence-electron chi connectivity index (χ1n) is 7.78. The van der Waals surface area contributed by atoms with Crippen LogP contribution in [0.25, 0.3) is 9.88 Å². The molecule has 0 atom stereocenters. The van der Waals surface area contributed by atoms with Crippen molar-refractivity contribution in [2.24, 2.45) is 4.99 Å². The molecule has 5 rings (SSSR count). The lowest BCUT2D eigenvalue weighted by atomic mass is 10.1. The van der Waals surface area contributed by atoms with E-state index in [1.54, 1.807) is 16.7 Å². The van der Waals surface area contributed by atoms with Crippen molar-refractivity contribution in [2.45, 2.75) is 12.7 Å². The maximum atomic E-state index is 13.1. The van der Waals surface area contributed by atoms with E-state index in [0.717, 1.165) is 9.88 Å². The Bertz CT molecular complexity index is 1090. The highest BCUT2D eigenvalue weighted by Crippen LogP contribution is 2.45. The van der Waals surface area contributed by atoms with Gasteiger partial charge in [-0.1, -0.05) is 6.07 Å². The summed E-state index contributed by atoms with van der Waals surface area (Å²) in [5.74, 6) is -0.0694. The first kappa shape index (κ1) is 16.3. The maximum absolute atomic E-state index is 13.1. The number of halogens is 2. The molecular weight excluding hydrogens is 396 g/mol. The molecule has 0 unspecified atom stereocenters. The lowest BCUT2D eigenvalue weighted by Crippen LogP contribution is -2.30. The van der Waals surface area contributed by atoms with E-state index >= 15 is 0 Å². The van der Waals surface area contributed by atoms with Gasteiger partial charge in [0, 0.05) is 17.9 Å². The number of alkyl halides is 2. The van der Waals surface area contributed by atoms with Gasteiger partial charge in [0.25, 0.3) is 5.91 Å². The number of rotatable bonds is 2. The van der Waals surface area contributed by atoms with Crippen LogP contribution in [-0.2, 0) is 6.42 Å². The Morgan fingerprint density at radius 1 is 1.22 bits per heavy atom. The van der Waals surface area contributed by atoms with Crippen molar-refractivity contribution >= 4 is 40.1 Å². The van der Waals surface area contributed by atoms with Gasteiger partial charge >= 0.3 is 6.29 Å². The molecule has 1 aromatic carbocycles. The van der Waals surface area contributed by atoms with Crippen molar-refractivity contribution in [3.63, 3.8) is 0 Å². The topological polar surface area (TPSA) is 72.8 Å². The number of nitrogens with one attached hydrogen (secondary N) is 1. The molecule has 3 aromatic rings. The third kappa shape index (κ3) is 2.96. The van der Waals surface area contributed by atoms with Crippen molar-refractivity contribution in [3.05, 3.63) is 46.3 Å². The van der Waals surface area contributed by atoms with Crippen LogP contribution in [-0.4, -0.2) is 23.0 Å². The Morgan fingerprint density at radius 3 is 2.81 bits per heavy atom. The zero-order valence-corrected chi connectivity index (χ0v) is 15.0. The van der Waals surface area contributed by atoms with Gasteiger partial charge in [-0.15, -0.1) is 31.5 Å². The molecular formula is C17H9F2N3O3S2. The van der Waals surface area contributed by atoms with Crippen molar-refractivity contribution in [2.75, 3.05) is 0 Å². The summed E-state index contributed by atoms with van der Waals surface area (Å²) in [6.07, 6.45) is -3.37. The number of carbonyl (C=O) groups is 1. The molecule has 0 spiro atoms. The molecule has 10 heteroatoms. The lowest BCUT2D eigenvalue weighted by molar-refractivity contribution is -0.286. The molecule has 4 heterocycles. The Hall–Kier alpha value is -2.85. The number of nitrogens with zero attached hydrogens (tertiary/aromatic N) is 2. The second-order valence-corrected chi connectivity index (χ2v) is 7.61. The number of ether oxygens (including phenoxy) is 2. The summed E-state index contributed by atoms with van der Waals surface area (Å²) in [5.41, 5.74) is 1.43. The minimum atomic E-state index is -3.66. The van der Waals surface area contributed by atoms with Crippen LogP contribution >= 0.6 is 22.7 Å². The number of fused-ring (bicyclic) bond motifs is 2. The standard InChI is InChI=1S/C17H9F2N3O3S2/c18-17(19)24-11-4-8-5-14(20-9(8)6-12(11)25-17)22-15(23)10-7-27-16(21-10)13-2-1-3-26-13/h1-4,6-7H,5H2,(H,20,22,23). The quantitative estimate of drug-likeness (QED) is 0.693. The lowest BCUT2D eigenvalue weighted by Gasteiger charge is -2.04. The van der Waals surface area contributed by atoms with Crippen molar-refractivity contribution in [1.82, 2.24) is 10.3 Å². The van der Waals surface area contributed by atoms with Crippen LogP contribution in [0.1, 0.15) is 16.1 Å². The molecule has 1 amide bonds. The Kier molecular flexibility index (Phi) is 3.52. The van der Waals surface area contributed by atoms with Crippen LogP contribution in [0.2, 0.25) is 0 Å². The van der Waals surface area contributed by atoms with Gasteiger partial charge in [0.1, 0.15) is 16.5 Å². The highest BCUT2D eigenvalue weighted by Gasteiger charge is 2.44. The van der Waals surface area contributed by atoms with E-state index in [-0.39, 0.29) is 17.4 Å². The van der Waals surface area contributed by atoms with Crippen LogP contribution < -0.4 is 14.8 Å². The van der Waals surface area contributed by atoms with Gasteiger partial charge in [0.2, 0.25) is 0 Å². The number of benzene rings is 1. The molecule has 0 bridgehead atoms. The predicted octanol–water partition coefficient (Wildman–Crippen LogP) is 4.21. The van der Waals surface area contributed by atoms with Gasteiger partial charge in [-0.25, -0.2) is 9.98 Å². The number of hydrogen-bond acceptors (Lipinski definition) is 7. The third-order valence-corrected chi connectivity index (χ3v) is 5.82. The minimum Gasteiger partial charge on any atom is -0.395 e. The molecule has 0 saturated carbocycles. The van der Waals surface area contributed by atoms with Crippen molar-refractivity contribution < 1.29 is 23.0 Å². The van der Waals surface area contributed by atoms with E-state index in [2.05, 4.69) is 24.8 Å². The highest BCUT2D eigenvalue weighted by molar-refractivity contribution is 7.20. The van der Waals surface area contributed by atoms with Gasteiger partial charge in [0.15, 0.2) is 11.5 Å². The van der Waals surface area contributed by atoms with Crippen LogP contribution in [0.3, 0.4) is 0 Å². The average Bonchev–Trinajstić information content (AvgIpc) is 3.36. The van der Waals surface area contributed by atoms with Crippen LogP contribution in [0.15, 0.2) is 40.0 Å². The molecule has 0 saturated heterocycles. The Balaban J connectivity index is 1.32. The van der Waals surface area contributed by atoms with Crippen molar-refractivity contribution in [3.8, 4) is 21.4 Å². The Labute approximate surface area is 159 Å². The largest absolute Gasteiger partial charge is 0.586 e. The summed E-state index contributed by atoms with van der Waals surface area (Å²) in [5, 5.41) is 7.13. The highest BCUT2D eigenvalue weighted by atomic mass is 32.1. The van der Waals surface area contributed by atoms with E-state index in [9.17, 15) is 13.6 Å². The van der Waals surface area contributed by atoms with E-state index < -0.39 is 6.29 Å². The van der Waals surface area contributed by atoms with Gasteiger partial charge in [-0.05, 0) is 23.1 Å². The molecule has 2 aliphatic heterocycles. The molecule has 0 aliphatic carbocycles. The average molecular weight is 405 g/mol. The summed E-state index contributed by atoms with van der Waals surface area (Å²) >= 11 is 2.94. The van der Waals surface area contributed by atoms with Crippen LogP contribution in [0, 0.1) is 0 Å². The van der Waals surface area contributed by atoms with Crippen LogP contribution in [0.5, 0.6) is 11.5 Å². The molecule has 0 radical (unpaired) electrons. The zero-order valence-electron chi connectivity index (χ0n) is 13.4. The number of thiazole rings is 1. The first-order valence-corrected chi connectivity index (χ1v) is 9.54. The van der Waals surface area contributed by atoms with Gasteiger partial charge < -0.3 is 14.8 Å². The SMILES string of the molecule is O=C(NC1=Nc2cc3c(cc2C1)OC(F)(F)O3)c1csc(-c2cccs2)n1. The minimum absolute atomic E-state index is 0.0402. The normalized spacial score (nSPS) is 16.1. The fraction of sp³-hybridized carbons (Fsp3) is 0.118. The molecule has 2 aromatic heterocycles. The number of hydrogen-bond donors (Lipinski definition) is 1. The molecule has 27 heavy (non-hydrogen) atoms. The summed E-state index contributed by atoms with van der Waals surface area (Å²) in [6, 6.07) is 6.69. The van der Waals surface area contributed by atoms with Gasteiger partial charge in [-0.3, -0.25) is 4.79 Å². The fourth-order valence-electron chi connectivity index (χ4n) is 2.80. The van der Waals surface area contributed by atoms with Gasteiger partial charge in [-0.2, -0.15) is 0 Å². The maximum Gasteiger partial charge on any atom is 0.586 e. The smallest absolute Gasteiger partial charge is 0.395 e. The number of amides is 1. The number of aliphatic imine (C=N–C) groups is 1. The molecule has 136 valence electrons. The summed E-state index contributed by atoms with van der Waals surface area (Å²) in [7, 11) is 0. The molecule has 6 nitrogen and oxygen atoms in total. The van der Waals surface area contributed by atoms with E-state index in [4.69, 9.17) is 0 Å². The molecule has 0 fully saturated rings.